The summed E-state index contributed by atoms with van der Waals surface area (Å²) in [4.78, 5) is 16.2. The highest BCUT2D eigenvalue weighted by molar-refractivity contribution is 7.09. The molecule has 0 aliphatic carbocycles. The molecular weight excluding hydrogens is 332 g/mol. The summed E-state index contributed by atoms with van der Waals surface area (Å²) < 4.78 is 5.65. The summed E-state index contributed by atoms with van der Waals surface area (Å²) in [7, 11) is 0. The first-order valence-electron chi connectivity index (χ1n) is 7.75. The topological polar surface area (TPSA) is 51.2 Å². The second kappa shape index (κ2) is 9.53. The number of nitrogens with one attached hydrogen (secondary N) is 1. The first-order chi connectivity index (χ1) is 11.2. The Morgan fingerprint density at radius 1 is 1.30 bits per heavy atom. The van der Waals surface area contributed by atoms with Gasteiger partial charge in [-0.2, -0.15) is 0 Å². The fraction of sp³-hybridized carbons (Fsp3) is 0.412. The molecule has 1 heterocycles. The van der Waals surface area contributed by atoms with Crippen LogP contribution in [-0.4, -0.2) is 17.4 Å². The van der Waals surface area contributed by atoms with Crippen LogP contribution >= 0.6 is 22.9 Å². The maximum atomic E-state index is 11.8. The Balaban J connectivity index is 1.74. The van der Waals surface area contributed by atoms with E-state index in [1.54, 1.807) is 12.1 Å². The zero-order chi connectivity index (χ0) is 16.5. The van der Waals surface area contributed by atoms with E-state index < -0.39 is 0 Å². The zero-order valence-corrected chi connectivity index (χ0v) is 14.8. The SMILES string of the molecule is CCCCCNC(=O)Cc1csc(COc2ccc(Cl)cc2)n1. The van der Waals surface area contributed by atoms with Crippen LogP contribution in [-0.2, 0) is 17.8 Å². The smallest absolute Gasteiger partial charge is 0.226 e. The van der Waals surface area contributed by atoms with E-state index in [9.17, 15) is 4.79 Å². The highest BCUT2D eigenvalue weighted by atomic mass is 35.5. The highest BCUT2D eigenvalue weighted by Crippen LogP contribution is 2.18. The van der Waals surface area contributed by atoms with Crippen molar-refractivity contribution in [1.82, 2.24) is 10.3 Å². The van der Waals surface area contributed by atoms with Crippen molar-refractivity contribution in [3.8, 4) is 5.75 Å². The molecule has 23 heavy (non-hydrogen) atoms. The lowest BCUT2D eigenvalue weighted by atomic mass is 10.2. The summed E-state index contributed by atoms with van der Waals surface area (Å²) in [5.74, 6) is 0.774. The van der Waals surface area contributed by atoms with Gasteiger partial charge in [-0.05, 0) is 30.7 Å². The van der Waals surface area contributed by atoms with E-state index in [1.807, 2.05) is 17.5 Å². The summed E-state index contributed by atoms with van der Waals surface area (Å²) in [6.45, 7) is 3.28. The lowest BCUT2D eigenvalue weighted by molar-refractivity contribution is -0.120. The van der Waals surface area contributed by atoms with Crippen molar-refractivity contribution in [2.24, 2.45) is 0 Å². The molecule has 0 aliphatic rings. The average molecular weight is 353 g/mol. The quantitative estimate of drug-likeness (QED) is 0.687. The van der Waals surface area contributed by atoms with Gasteiger partial charge in [0.2, 0.25) is 5.91 Å². The predicted octanol–water partition coefficient (Wildman–Crippen LogP) is 4.22. The van der Waals surface area contributed by atoms with Gasteiger partial charge in [0.15, 0.2) is 0 Å². The minimum Gasteiger partial charge on any atom is -0.486 e. The molecular formula is C17H21ClN2O2S. The summed E-state index contributed by atoms with van der Waals surface area (Å²) in [6, 6.07) is 7.21. The fourth-order valence-electron chi connectivity index (χ4n) is 2.00. The summed E-state index contributed by atoms with van der Waals surface area (Å²) in [5, 5.41) is 6.36. The van der Waals surface area contributed by atoms with Crippen molar-refractivity contribution in [1.29, 1.82) is 0 Å². The first kappa shape index (κ1) is 17.8. The molecule has 124 valence electrons. The standard InChI is InChI=1S/C17H21ClN2O2S/c1-2-3-4-9-19-16(21)10-14-12-23-17(20-14)11-22-15-7-5-13(18)6-8-15/h5-8,12H,2-4,9-11H2,1H3,(H,19,21). The van der Waals surface area contributed by atoms with Crippen LogP contribution in [0.1, 0.15) is 36.9 Å². The van der Waals surface area contributed by atoms with Crippen LogP contribution in [0.2, 0.25) is 5.02 Å². The van der Waals surface area contributed by atoms with Crippen molar-refractivity contribution in [2.45, 2.75) is 39.2 Å². The molecule has 0 atom stereocenters. The van der Waals surface area contributed by atoms with E-state index in [1.165, 1.54) is 11.3 Å². The van der Waals surface area contributed by atoms with E-state index in [0.29, 0.717) is 18.1 Å². The van der Waals surface area contributed by atoms with Gasteiger partial charge in [-0.15, -0.1) is 11.3 Å². The van der Waals surface area contributed by atoms with Gasteiger partial charge < -0.3 is 10.1 Å². The Bertz CT molecular complexity index is 613. The maximum absolute atomic E-state index is 11.8. The lowest BCUT2D eigenvalue weighted by Gasteiger charge is -2.04. The van der Waals surface area contributed by atoms with Crippen molar-refractivity contribution in [2.75, 3.05) is 6.54 Å². The number of hydrogen-bond acceptors (Lipinski definition) is 4. The third kappa shape index (κ3) is 6.59. The molecule has 0 radical (unpaired) electrons. The minimum absolute atomic E-state index is 0.0246. The highest BCUT2D eigenvalue weighted by Gasteiger charge is 2.08. The number of carbonyl (C=O) groups is 1. The Labute approximate surface area is 145 Å². The molecule has 2 rings (SSSR count). The van der Waals surface area contributed by atoms with Crippen LogP contribution in [0, 0.1) is 0 Å². The molecule has 0 spiro atoms. The van der Waals surface area contributed by atoms with E-state index >= 15 is 0 Å². The maximum Gasteiger partial charge on any atom is 0.226 e. The van der Waals surface area contributed by atoms with Crippen LogP contribution in [0.5, 0.6) is 5.75 Å². The number of thiazole rings is 1. The van der Waals surface area contributed by atoms with E-state index in [0.717, 1.165) is 42.3 Å². The predicted molar refractivity (Wildman–Crippen MR) is 94.1 cm³/mol. The molecule has 0 unspecified atom stereocenters. The molecule has 1 aromatic heterocycles. The van der Waals surface area contributed by atoms with Gasteiger partial charge in [0.25, 0.3) is 0 Å². The molecule has 0 saturated carbocycles. The largest absolute Gasteiger partial charge is 0.486 e. The summed E-state index contributed by atoms with van der Waals surface area (Å²) >= 11 is 7.33. The van der Waals surface area contributed by atoms with E-state index in [4.69, 9.17) is 16.3 Å². The van der Waals surface area contributed by atoms with Gasteiger partial charge in [-0.25, -0.2) is 4.98 Å². The Morgan fingerprint density at radius 2 is 2.09 bits per heavy atom. The molecule has 1 amide bonds. The van der Waals surface area contributed by atoms with E-state index in [-0.39, 0.29) is 5.91 Å². The van der Waals surface area contributed by atoms with Crippen LogP contribution in [0.3, 0.4) is 0 Å². The summed E-state index contributed by atoms with van der Waals surface area (Å²) in [5.41, 5.74) is 0.790. The number of ether oxygens (including phenoxy) is 1. The molecule has 6 heteroatoms. The first-order valence-corrected chi connectivity index (χ1v) is 9.01. The molecule has 0 aliphatic heterocycles. The minimum atomic E-state index is 0.0246. The van der Waals surface area contributed by atoms with Crippen molar-refractivity contribution in [3.05, 3.63) is 45.4 Å². The summed E-state index contributed by atoms with van der Waals surface area (Å²) in [6.07, 6.45) is 3.64. The molecule has 0 saturated heterocycles. The number of aromatic nitrogens is 1. The third-order valence-corrected chi connectivity index (χ3v) is 4.34. The van der Waals surface area contributed by atoms with Gasteiger partial charge in [0.1, 0.15) is 17.4 Å². The van der Waals surface area contributed by atoms with Gasteiger partial charge in [-0.3, -0.25) is 4.79 Å². The Morgan fingerprint density at radius 3 is 2.83 bits per heavy atom. The van der Waals surface area contributed by atoms with Gasteiger partial charge in [0.05, 0.1) is 12.1 Å². The van der Waals surface area contributed by atoms with Crippen LogP contribution in [0.4, 0.5) is 0 Å². The number of benzene rings is 1. The van der Waals surface area contributed by atoms with Crippen molar-refractivity contribution in [3.63, 3.8) is 0 Å². The number of carbonyl (C=O) groups excluding carboxylic acids is 1. The van der Waals surface area contributed by atoms with Crippen LogP contribution in [0.15, 0.2) is 29.6 Å². The van der Waals surface area contributed by atoms with Gasteiger partial charge in [0, 0.05) is 16.9 Å². The van der Waals surface area contributed by atoms with Crippen LogP contribution in [0.25, 0.3) is 0 Å². The molecule has 0 bridgehead atoms. The van der Waals surface area contributed by atoms with Crippen molar-refractivity contribution < 1.29 is 9.53 Å². The van der Waals surface area contributed by atoms with E-state index in [2.05, 4.69) is 17.2 Å². The number of unbranched alkanes of at least 4 members (excludes halogenated alkanes) is 2. The molecule has 1 aromatic carbocycles. The Kier molecular flexibility index (Phi) is 7.36. The van der Waals surface area contributed by atoms with Crippen LogP contribution < -0.4 is 10.1 Å². The fourth-order valence-corrected chi connectivity index (χ4v) is 2.83. The Hall–Kier alpha value is -1.59. The lowest BCUT2D eigenvalue weighted by Crippen LogP contribution is -2.26. The number of nitrogens with zero attached hydrogens (tertiary/aromatic N) is 1. The third-order valence-electron chi connectivity index (χ3n) is 3.22. The normalized spacial score (nSPS) is 10.5. The van der Waals surface area contributed by atoms with Gasteiger partial charge >= 0.3 is 0 Å². The number of halogens is 1. The average Bonchev–Trinajstić information content (AvgIpc) is 2.98. The zero-order valence-electron chi connectivity index (χ0n) is 13.2. The second-order valence-electron chi connectivity index (χ2n) is 5.21. The molecule has 0 fully saturated rings. The molecule has 1 N–H and O–H groups in total. The molecule has 4 nitrogen and oxygen atoms in total. The van der Waals surface area contributed by atoms with Gasteiger partial charge in [-0.1, -0.05) is 31.4 Å². The van der Waals surface area contributed by atoms with Crippen molar-refractivity contribution >= 4 is 28.8 Å². The monoisotopic (exact) mass is 352 g/mol. The number of rotatable bonds is 9. The number of hydrogen-bond donors (Lipinski definition) is 1. The second-order valence-corrected chi connectivity index (χ2v) is 6.59. The number of amides is 1. The molecule has 2 aromatic rings.